The third kappa shape index (κ3) is 3.76. The predicted molar refractivity (Wildman–Crippen MR) is 104 cm³/mol. The van der Waals surface area contributed by atoms with Gasteiger partial charge in [0.2, 0.25) is 0 Å². The molecule has 0 bridgehead atoms. The van der Waals surface area contributed by atoms with Gasteiger partial charge in [0.05, 0.1) is 23.8 Å². The summed E-state index contributed by atoms with van der Waals surface area (Å²) in [6, 6.07) is 10.9. The molecule has 0 radical (unpaired) electrons. The van der Waals surface area contributed by atoms with Crippen molar-refractivity contribution in [1.29, 1.82) is 0 Å². The Labute approximate surface area is 156 Å². The lowest BCUT2D eigenvalue weighted by Gasteiger charge is -2.17. The maximum Gasteiger partial charge on any atom is 0.186 e. The van der Waals surface area contributed by atoms with Crippen LogP contribution < -0.4 is 14.4 Å². The monoisotopic (exact) mass is 392 g/mol. The number of fused-ring (bicyclic) bond motifs is 1. The van der Waals surface area contributed by atoms with Crippen LogP contribution in [0.25, 0.3) is 10.2 Å². The second-order valence-electron chi connectivity index (χ2n) is 5.95. The average molecular weight is 393 g/mol. The quantitative estimate of drug-likeness (QED) is 0.641. The number of aromatic nitrogens is 1. The highest BCUT2D eigenvalue weighted by atomic mass is 32.2. The Morgan fingerprint density at radius 1 is 1.12 bits per heavy atom. The Hall–Kier alpha value is -2.32. The van der Waals surface area contributed by atoms with Gasteiger partial charge in [-0.25, -0.2) is 13.4 Å². The number of thiazole rings is 1. The molecule has 26 heavy (non-hydrogen) atoms. The Bertz CT molecular complexity index is 1020. The first-order valence-corrected chi connectivity index (χ1v) is 10.6. The summed E-state index contributed by atoms with van der Waals surface area (Å²) in [4.78, 5) is 6.80. The van der Waals surface area contributed by atoms with E-state index in [1.165, 1.54) is 17.6 Å². The molecule has 8 heteroatoms. The van der Waals surface area contributed by atoms with Crippen molar-refractivity contribution in [3.8, 4) is 11.5 Å². The van der Waals surface area contributed by atoms with Crippen LogP contribution in [-0.4, -0.2) is 40.9 Å². The molecule has 138 valence electrons. The van der Waals surface area contributed by atoms with E-state index in [1.54, 1.807) is 26.4 Å². The Morgan fingerprint density at radius 2 is 1.77 bits per heavy atom. The van der Waals surface area contributed by atoms with E-state index in [1.807, 2.05) is 36.2 Å². The van der Waals surface area contributed by atoms with Crippen molar-refractivity contribution in [2.24, 2.45) is 0 Å². The van der Waals surface area contributed by atoms with E-state index in [0.29, 0.717) is 12.1 Å². The molecule has 6 nitrogen and oxygen atoms in total. The lowest BCUT2D eigenvalue weighted by molar-refractivity contribution is 0.393. The molecule has 0 aliphatic rings. The smallest absolute Gasteiger partial charge is 0.186 e. The molecule has 0 saturated heterocycles. The molecular weight excluding hydrogens is 372 g/mol. The van der Waals surface area contributed by atoms with Gasteiger partial charge in [-0.1, -0.05) is 17.4 Å². The molecule has 3 aromatic rings. The zero-order valence-electron chi connectivity index (χ0n) is 15.0. The maximum atomic E-state index is 12.0. The Morgan fingerprint density at radius 3 is 2.35 bits per heavy atom. The molecule has 2 aromatic carbocycles. The number of hydrogen-bond acceptors (Lipinski definition) is 7. The third-order valence-electron chi connectivity index (χ3n) is 3.93. The molecule has 0 fully saturated rings. The van der Waals surface area contributed by atoms with Crippen LogP contribution in [0.4, 0.5) is 5.13 Å². The summed E-state index contributed by atoms with van der Waals surface area (Å²) < 4.78 is 35.4. The van der Waals surface area contributed by atoms with Gasteiger partial charge in [0.25, 0.3) is 0 Å². The number of nitrogens with zero attached hydrogens (tertiary/aromatic N) is 2. The zero-order valence-corrected chi connectivity index (χ0v) is 16.6. The fraction of sp³-hybridized carbons (Fsp3) is 0.278. The first kappa shape index (κ1) is 18.5. The van der Waals surface area contributed by atoms with Crippen molar-refractivity contribution in [1.82, 2.24) is 4.98 Å². The van der Waals surface area contributed by atoms with E-state index in [9.17, 15) is 8.42 Å². The molecule has 1 aromatic heterocycles. The minimum absolute atomic E-state index is 0.258. The van der Waals surface area contributed by atoms with Crippen molar-refractivity contribution < 1.29 is 17.9 Å². The second kappa shape index (κ2) is 7.13. The van der Waals surface area contributed by atoms with Crippen LogP contribution in [-0.2, 0) is 16.4 Å². The van der Waals surface area contributed by atoms with Crippen LogP contribution in [0.3, 0.4) is 0 Å². The first-order valence-electron chi connectivity index (χ1n) is 7.84. The summed E-state index contributed by atoms with van der Waals surface area (Å²) in [7, 11) is 1.82. The highest BCUT2D eigenvalue weighted by Gasteiger charge is 2.17. The molecule has 0 aliphatic carbocycles. The van der Waals surface area contributed by atoms with Gasteiger partial charge in [-0.2, -0.15) is 0 Å². The summed E-state index contributed by atoms with van der Waals surface area (Å²) in [6.45, 7) is 0.585. The zero-order chi connectivity index (χ0) is 18.9. The van der Waals surface area contributed by atoms with E-state index in [0.717, 1.165) is 26.9 Å². The molecule has 0 atom stereocenters. The van der Waals surface area contributed by atoms with E-state index in [2.05, 4.69) is 4.98 Å². The van der Waals surface area contributed by atoms with Gasteiger partial charge >= 0.3 is 0 Å². The molecular formula is C18H20N2O4S2. The molecule has 0 N–H and O–H groups in total. The fourth-order valence-corrected chi connectivity index (χ4v) is 4.52. The number of rotatable bonds is 6. The van der Waals surface area contributed by atoms with Gasteiger partial charge < -0.3 is 14.4 Å². The molecule has 0 saturated carbocycles. The van der Waals surface area contributed by atoms with Gasteiger partial charge in [0, 0.05) is 25.9 Å². The molecule has 0 aliphatic heterocycles. The van der Waals surface area contributed by atoms with E-state index < -0.39 is 9.84 Å². The Balaban J connectivity index is 1.95. The standard InChI is InChI=1S/C18H20N2O4S2/c1-20(11-12-8-13(23-2)10-14(9-12)24-3)18-19-17-15(25-18)6-5-7-16(17)26(4,21)22/h5-10H,11H2,1-4H3. The number of benzene rings is 2. The van der Waals surface area contributed by atoms with Crippen LogP contribution in [0, 0.1) is 0 Å². The number of anilines is 1. The third-order valence-corrected chi connectivity index (χ3v) is 6.19. The second-order valence-corrected chi connectivity index (χ2v) is 8.94. The fourth-order valence-electron chi connectivity index (χ4n) is 2.67. The minimum Gasteiger partial charge on any atom is -0.497 e. The lowest BCUT2D eigenvalue weighted by atomic mass is 10.2. The number of ether oxygens (including phenoxy) is 2. The van der Waals surface area contributed by atoms with E-state index in [4.69, 9.17) is 9.47 Å². The van der Waals surface area contributed by atoms with Gasteiger partial charge in [0.1, 0.15) is 17.0 Å². The SMILES string of the molecule is COc1cc(CN(C)c2nc3c(S(C)(=O)=O)cccc3s2)cc(OC)c1. The average Bonchev–Trinajstić information content (AvgIpc) is 3.04. The van der Waals surface area contributed by atoms with Crippen LogP contribution in [0.1, 0.15) is 5.56 Å². The minimum atomic E-state index is -3.33. The molecule has 0 amide bonds. The van der Waals surface area contributed by atoms with Crippen molar-refractivity contribution in [2.45, 2.75) is 11.4 Å². The van der Waals surface area contributed by atoms with Gasteiger partial charge in [-0.05, 0) is 29.8 Å². The lowest BCUT2D eigenvalue weighted by Crippen LogP contribution is -2.16. The van der Waals surface area contributed by atoms with Crippen molar-refractivity contribution in [3.63, 3.8) is 0 Å². The normalized spacial score (nSPS) is 11.5. The maximum absolute atomic E-state index is 12.0. The number of sulfone groups is 1. The number of methoxy groups -OCH3 is 2. The van der Waals surface area contributed by atoms with Crippen LogP contribution in [0.5, 0.6) is 11.5 Å². The van der Waals surface area contributed by atoms with Crippen LogP contribution >= 0.6 is 11.3 Å². The summed E-state index contributed by atoms with van der Waals surface area (Å²) in [5.74, 6) is 1.44. The predicted octanol–water partition coefficient (Wildman–Crippen LogP) is 3.35. The van der Waals surface area contributed by atoms with Gasteiger partial charge in [-0.3, -0.25) is 0 Å². The van der Waals surface area contributed by atoms with Crippen molar-refractivity contribution >= 4 is 36.5 Å². The van der Waals surface area contributed by atoms with Gasteiger partial charge in [-0.15, -0.1) is 0 Å². The largest absolute Gasteiger partial charge is 0.497 e. The summed E-state index contributed by atoms with van der Waals surface area (Å²) in [6.07, 6.45) is 1.20. The molecule has 0 unspecified atom stereocenters. The molecule has 1 heterocycles. The number of hydrogen-bond donors (Lipinski definition) is 0. The van der Waals surface area contributed by atoms with E-state index in [-0.39, 0.29) is 4.90 Å². The van der Waals surface area contributed by atoms with Crippen LogP contribution in [0.2, 0.25) is 0 Å². The highest BCUT2D eigenvalue weighted by Crippen LogP contribution is 2.33. The molecule has 3 rings (SSSR count). The summed E-state index contributed by atoms with van der Waals surface area (Å²) in [5.41, 5.74) is 1.52. The topological polar surface area (TPSA) is 68.7 Å². The summed E-state index contributed by atoms with van der Waals surface area (Å²) in [5, 5.41) is 0.748. The Kier molecular flexibility index (Phi) is 5.06. The van der Waals surface area contributed by atoms with Gasteiger partial charge in [0.15, 0.2) is 15.0 Å². The number of para-hydroxylation sites is 1. The van der Waals surface area contributed by atoms with Crippen molar-refractivity contribution in [2.75, 3.05) is 32.4 Å². The molecule has 0 spiro atoms. The van der Waals surface area contributed by atoms with Crippen LogP contribution in [0.15, 0.2) is 41.3 Å². The highest BCUT2D eigenvalue weighted by molar-refractivity contribution is 7.91. The summed E-state index contributed by atoms with van der Waals surface area (Å²) >= 11 is 1.46. The van der Waals surface area contributed by atoms with E-state index >= 15 is 0 Å². The van der Waals surface area contributed by atoms with Crippen molar-refractivity contribution in [3.05, 3.63) is 42.0 Å². The first-order chi connectivity index (χ1) is 12.3.